The highest BCUT2D eigenvalue weighted by molar-refractivity contribution is 8.19. The van der Waals surface area contributed by atoms with Crippen LogP contribution in [0.25, 0.3) is 6.08 Å². The lowest BCUT2D eigenvalue weighted by atomic mass is 10.2. The summed E-state index contributed by atoms with van der Waals surface area (Å²) < 4.78 is 18.0. The Morgan fingerprint density at radius 3 is 2.09 bits per heavy atom. The number of aliphatic imine (C=N–C) groups is 1. The average molecular weight is 641 g/mol. The number of aryl methyl sites for hydroxylation is 2. The van der Waals surface area contributed by atoms with E-state index in [4.69, 9.17) is 19.2 Å². The third-order valence-corrected chi connectivity index (χ3v) is 8.45. The molecule has 1 saturated heterocycles. The molecular formula is C40H36N2O4S. The molecule has 7 heteroatoms. The number of carbonyl (C=O) groups is 1. The van der Waals surface area contributed by atoms with Crippen molar-refractivity contribution in [1.82, 2.24) is 0 Å². The van der Waals surface area contributed by atoms with Gasteiger partial charge in [-0.05, 0) is 104 Å². The lowest BCUT2D eigenvalue weighted by molar-refractivity contribution is -0.113. The minimum Gasteiger partial charge on any atom is -0.490 e. The molecule has 0 N–H and O–H groups in total. The van der Waals surface area contributed by atoms with Crippen LogP contribution < -0.4 is 19.1 Å². The van der Waals surface area contributed by atoms with Crippen LogP contribution in [0.3, 0.4) is 0 Å². The van der Waals surface area contributed by atoms with Crippen LogP contribution in [0.15, 0.2) is 131 Å². The number of amides is 1. The zero-order valence-electron chi connectivity index (χ0n) is 26.7. The summed E-state index contributed by atoms with van der Waals surface area (Å²) in [5, 5.41) is 0.622. The molecule has 6 nitrogen and oxygen atoms in total. The van der Waals surface area contributed by atoms with Gasteiger partial charge in [-0.25, -0.2) is 4.99 Å². The van der Waals surface area contributed by atoms with Gasteiger partial charge in [-0.3, -0.25) is 9.69 Å². The molecule has 0 aliphatic carbocycles. The minimum absolute atomic E-state index is 0.105. The maximum atomic E-state index is 13.7. The van der Waals surface area contributed by atoms with E-state index in [1.165, 1.54) is 11.8 Å². The smallest absolute Gasteiger partial charge is 0.271 e. The first kappa shape index (κ1) is 31.7. The summed E-state index contributed by atoms with van der Waals surface area (Å²) in [6.07, 6.45) is 1.90. The van der Waals surface area contributed by atoms with Crippen molar-refractivity contribution in [3.05, 3.63) is 154 Å². The Balaban J connectivity index is 1.14. The number of carbonyl (C=O) groups excluding carboxylic acids is 1. The number of hydrogen-bond acceptors (Lipinski definition) is 6. The van der Waals surface area contributed by atoms with Crippen molar-refractivity contribution < 1.29 is 19.0 Å². The van der Waals surface area contributed by atoms with Gasteiger partial charge in [0.1, 0.15) is 19.0 Å². The standard InChI is InChI=1S/C40H36N2O4S/c1-4-44-37-24-32(16-23-36(37)46-26-31-8-6-5-7-9-31)27-45-35-21-14-30(15-22-35)25-38-39(43)42(34-19-12-29(3)13-20-34)40(47-38)41-33-17-10-28(2)11-18-33/h5-25H,4,26-27H2,1-3H3/b38-25+,41-40?. The molecule has 1 aliphatic heterocycles. The lowest BCUT2D eigenvalue weighted by Gasteiger charge is -2.16. The first-order valence-electron chi connectivity index (χ1n) is 15.6. The van der Waals surface area contributed by atoms with E-state index in [0.717, 1.165) is 44.9 Å². The van der Waals surface area contributed by atoms with Crippen LogP contribution in [0.2, 0.25) is 0 Å². The van der Waals surface area contributed by atoms with Crippen LogP contribution in [0.5, 0.6) is 17.2 Å². The highest BCUT2D eigenvalue weighted by Gasteiger charge is 2.34. The molecular weight excluding hydrogens is 605 g/mol. The second-order valence-corrected chi connectivity index (χ2v) is 12.2. The number of rotatable bonds is 11. The highest BCUT2D eigenvalue weighted by Crippen LogP contribution is 2.38. The Kier molecular flexibility index (Phi) is 10.0. The molecule has 0 spiro atoms. The summed E-state index contributed by atoms with van der Waals surface area (Å²) in [4.78, 5) is 20.8. The minimum atomic E-state index is -0.105. The van der Waals surface area contributed by atoms with E-state index < -0.39 is 0 Å². The number of amidine groups is 1. The van der Waals surface area contributed by atoms with Gasteiger partial charge in [0, 0.05) is 0 Å². The van der Waals surface area contributed by atoms with Gasteiger partial charge in [0.05, 0.1) is 22.9 Å². The normalized spacial score (nSPS) is 14.5. The second kappa shape index (κ2) is 14.9. The third-order valence-electron chi connectivity index (χ3n) is 7.49. The van der Waals surface area contributed by atoms with Crippen molar-refractivity contribution in [3.63, 3.8) is 0 Å². The summed E-state index contributed by atoms with van der Waals surface area (Å²) in [5.41, 5.74) is 6.83. The SMILES string of the molecule is CCOc1cc(COc2ccc(/C=C3/SC(=Nc4ccc(C)cc4)N(c4ccc(C)cc4)C3=O)cc2)ccc1OCc1ccccc1. The molecule has 47 heavy (non-hydrogen) atoms. The Labute approximate surface area is 280 Å². The van der Waals surface area contributed by atoms with E-state index in [-0.39, 0.29) is 5.91 Å². The van der Waals surface area contributed by atoms with Crippen LogP contribution in [-0.2, 0) is 18.0 Å². The molecule has 1 aliphatic rings. The first-order chi connectivity index (χ1) is 22.9. The molecule has 0 saturated carbocycles. The predicted octanol–water partition coefficient (Wildman–Crippen LogP) is 9.67. The monoisotopic (exact) mass is 640 g/mol. The van der Waals surface area contributed by atoms with Crippen molar-refractivity contribution >= 4 is 40.3 Å². The molecule has 0 radical (unpaired) electrons. The van der Waals surface area contributed by atoms with Crippen molar-refractivity contribution in [2.75, 3.05) is 11.5 Å². The summed E-state index contributed by atoms with van der Waals surface area (Å²) in [5.74, 6) is 2.01. The molecule has 1 heterocycles. The van der Waals surface area contributed by atoms with Gasteiger partial charge >= 0.3 is 0 Å². The number of anilines is 1. The van der Waals surface area contributed by atoms with Crippen molar-refractivity contribution in [2.45, 2.75) is 34.0 Å². The summed E-state index contributed by atoms with van der Waals surface area (Å²) in [7, 11) is 0. The fraction of sp³-hybridized carbons (Fsp3) is 0.150. The summed E-state index contributed by atoms with van der Waals surface area (Å²) in [6, 6.07) is 39.5. The van der Waals surface area contributed by atoms with Crippen LogP contribution in [0.1, 0.15) is 34.7 Å². The summed E-state index contributed by atoms with van der Waals surface area (Å²) in [6.45, 7) is 7.40. The van der Waals surface area contributed by atoms with Crippen LogP contribution in [-0.4, -0.2) is 17.7 Å². The fourth-order valence-corrected chi connectivity index (χ4v) is 5.94. The van der Waals surface area contributed by atoms with E-state index >= 15 is 0 Å². The molecule has 236 valence electrons. The lowest BCUT2D eigenvalue weighted by Crippen LogP contribution is -2.28. The van der Waals surface area contributed by atoms with Gasteiger partial charge in [-0.2, -0.15) is 0 Å². The van der Waals surface area contributed by atoms with E-state index in [0.29, 0.717) is 41.4 Å². The maximum absolute atomic E-state index is 13.7. The number of benzene rings is 5. The third kappa shape index (κ3) is 8.12. The van der Waals surface area contributed by atoms with Crippen LogP contribution in [0.4, 0.5) is 11.4 Å². The Bertz CT molecular complexity index is 1880. The number of thioether (sulfide) groups is 1. The van der Waals surface area contributed by atoms with E-state index in [9.17, 15) is 4.79 Å². The van der Waals surface area contributed by atoms with E-state index in [1.807, 2.05) is 148 Å². The van der Waals surface area contributed by atoms with Crippen molar-refractivity contribution in [3.8, 4) is 17.2 Å². The number of nitrogens with zero attached hydrogens (tertiary/aromatic N) is 2. The Morgan fingerprint density at radius 2 is 1.38 bits per heavy atom. The Hall–Kier alpha value is -5.27. The van der Waals surface area contributed by atoms with Crippen LogP contribution in [0, 0.1) is 13.8 Å². The van der Waals surface area contributed by atoms with Crippen LogP contribution >= 0.6 is 11.8 Å². The van der Waals surface area contributed by atoms with Gasteiger partial charge in [0.2, 0.25) is 0 Å². The van der Waals surface area contributed by atoms with E-state index in [1.54, 1.807) is 4.90 Å². The van der Waals surface area contributed by atoms with Crippen molar-refractivity contribution in [1.29, 1.82) is 0 Å². The van der Waals surface area contributed by atoms with Gasteiger partial charge in [-0.1, -0.05) is 83.9 Å². The molecule has 1 fully saturated rings. The number of hydrogen-bond donors (Lipinski definition) is 0. The molecule has 0 atom stereocenters. The van der Waals surface area contributed by atoms with Gasteiger partial charge in [0.15, 0.2) is 16.7 Å². The predicted molar refractivity (Wildman–Crippen MR) is 192 cm³/mol. The van der Waals surface area contributed by atoms with Crippen molar-refractivity contribution in [2.24, 2.45) is 4.99 Å². The van der Waals surface area contributed by atoms with Gasteiger partial charge in [0.25, 0.3) is 5.91 Å². The zero-order valence-corrected chi connectivity index (χ0v) is 27.5. The Morgan fingerprint density at radius 1 is 0.702 bits per heavy atom. The highest BCUT2D eigenvalue weighted by atomic mass is 32.2. The van der Waals surface area contributed by atoms with Gasteiger partial charge < -0.3 is 14.2 Å². The van der Waals surface area contributed by atoms with Gasteiger partial charge in [-0.15, -0.1) is 0 Å². The first-order valence-corrected chi connectivity index (χ1v) is 16.4. The molecule has 1 amide bonds. The summed E-state index contributed by atoms with van der Waals surface area (Å²) >= 11 is 1.37. The molecule has 0 bridgehead atoms. The largest absolute Gasteiger partial charge is 0.490 e. The molecule has 0 unspecified atom stereocenters. The molecule has 5 aromatic carbocycles. The molecule has 6 rings (SSSR count). The average Bonchev–Trinajstić information content (AvgIpc) is 3.39. The van der Waals surface area contributed by atoms with E-state index in [2.05, 4.69) is 0 Å². The fourth-order valence-electron chi connectivity index (χ4n) is 4.94. The maximum Gasteiger partial charge on any atom is 0.271 e. The zero-order chi connectivity index (χ0) is 32.6. The molecule has 5 aromatic rings. The number of ether oxygens (including phenoxy) is 3. The quantitative estimate of drug-likeness (QED) is 0.135. The second-order valence-electron chi connectivity index (χ2n) is 11.2. The molecule has 0 aromatic heterocycles. The topological polar surface area (TPSA) is 60.4 Å².